The summed E-state index contributed by atoms with van der Waals surface area (Å²) >= 11 is 2.26. The molecule has 0 fully saturated rings. The Kier molecular flexibility index (Phi) is 5.69. The van der Waals surface area contributed by atoms with E-state index in [0.29, 0.717) is 13.2 Å². The van der Waals surface area contributed by atoms with Gasteiger partial charge in [0, 0.05) is 15.8 Å². The molecule has 1 unspecified atom stereocenters. The first-order valence-corrected chi connectivity index (χ1v) is 6.76. The zero-order chi connectivity index (χ0) is 12.9. The minimum absolute atomic E-state index is 0.205. The second-order valence-electron chi connectivity index (χ2n) is 4.96. The van der Waals surface area contributed by atoms with Crippen LogP contribution in [0.4, 0.5) is 5.69 Å². The van der Waals surface area contributed by atoms with Crippen LogP contribution in [0.15, 0.2) is 24.3 Å². The molecule has 0 aliphatic rings. The van der Waals surface area contributed by atoms with E-state index in [1.165, 1.54) is 3.57 Å². The van der Waals surface area contributed by atoms with Crippen LogP contribution in [0, 0.1) is 3.57 Å². The largest absolute Gasteiger partial charge is 0.389 e. The Labute approximate surface area is 117 Å². The second kappa shape index (κ2) is 6.56. The van der Waals surface area contributed by atoms with Crippen molar-refractivity contribution in [2.45, 2.75) is 32.5 Å². The SMILES string of the molecule is CC(C)(C)OCC(O)CNc1ccc(I)cc1. The third-order valence-corrected chi connectivity index (χ3v) is 2.81. The van der Waals surface area contributed by atoms with Gasteiger partial charge in [0.25, 0.3) is 0 Å². The van der Waals surface area contributed by atoms with Gasteiger partial charge < -0.3 is 15.2 Å². The zero-order valence-electron chi connectivity index (χ0n) is 10.5. The molecule has 96 valence electrons. The van der Waals surface area contributed by atoms with Crippen LogP contribution in [-0.2, 0) is 4.74 Å². The van der Waals surface area contributed by atoms with Crippen molar-refractivity contribution in [2.24, 2.45) is 0 Å². The van der Waals surface area contributed by atoms with Gasteiger partial charge in [0.2, 0.25) is 0 Å². The number of rotatable bonds is 5. The van der Waals surface area contributed by atoms with E-state index in [0.717, 1.165) is 5.69 Å². The molecule has 4 heteroatoms. The van der Waals surface area contributed by atoms with Crippen LogP contribution in [0.3, 0.4) is 0 Å². The number of aliphatic hydroxyl groups excluding tert-OH is 1. The van der Waals surface area contributed by atoms with Crippen molar-refractivity contribution in [3.8, 4) is 0 Å². The highest BCUT2D eigenvalue weighted by atomic mass is 127. The van der Waals surface area contributed by atoms with Crippen LogP contribution in [-0.4, -0.2) is 30.0 Å². The van der Waals surface area contributed by atoms with Crippen LogP contribution >= 0.6 is 22.6 Å². The van der Waals surface area contributed by atoms with Gasteiger partial charge in [0.1, 0.15) is 0 Å². The highest BCUT2D eigenvalue weighted by molar-refractivity contribution is 14.1. The van der Waals surface area contributed by atoms with Gasteiger partial charge in [0.15, 0.2) is 0 Å². The van der Waals surface area contributed by atoms with Crippen molar-refractivity contribution in [2.75, 3.05) is 18.5 Å². The van der Waals surface area contributed by atoms with Gasteiger partial charge in [-0.05, 0) is 67.6 Å². The highest BCUT2D eigenvalue weighted by Crippen LogP contribution is 2.11. The maximum absolute atomic E-state index is 9.74. The zero-order valence-corrected chi connectivity index (χ0v) is 12.7. The minimum atomic E-state index is -0.492. The molecule has 0 bridgehead atoms. The molecule has 0 spiro atoms. The van der Waals surface area contributed by atoms with Crippen molar-refractivity contribution in [1.82, 2.24) is 0 Å². The molecular weight excluding hydrogens is 329 g/mol. The molecule has 0 aliphatic heterocycles. The molecule has 1 atom stereocenters. The van der Waals surface area contributed by atoms with E-state index in [2.05, 4.69) is 27.9 Å². The third-order valence-electron chi connectivity index (χ3n) is 2.09. The van der Waals surface area contributed by atoms with Gasteiger partial charge in [-0.3, -0.25) is 0 Å². The average molecular weight is 349 g/mol. The lowest BCUT2D eigenvalue weighted by molar-refractivity contribution is -0.0449. The molecule has 1 aromatic rings. The summed E-state index contributed by atoms with van der Waals surface area (Å²) in [4.78, 5) is 0. The van der Waals surface area contributed by atoms with E-state index >= 15 is 0 Å². The number of halogens is 1. The van der Waals surface area contributed by atoms with Crippen LogP contribution < -0.4 is 5.32 Å². The van der Waals surface area contributed by atoms with Crippen LogP contribution in [0.1, 0.15) is 20.8 Å². The molecule has 0 heterocycles. The van der Waals surface area contributed by atoms with Gasteiger partial charge >= 0.3 is 0 Å². The lowest BCUT2D eigenvalue weighted by Gasteiger charge is -2.22. The quantitative estimate of drug-likeness (QED) is 0.804. The van der Waals surface area contributed by atoms with Gasteiger partial charge in [0.05, 0.1) is 18.3 Å². The fourth-order valence-electron chi connectivity index (χ4n) is 1.21. The molecule has 0 radical (unpaired) electrons. The molecule has 0 saturated carbocycles. The van der Waals surface area contributed by atoms with E-state index < -0.39 is 6.10 Å². The summed E-state index contributed by atoms with van der Waals surface area (Å²) in [5, 5.41) is 12.9. The summed E-state index contributed by atoms with van der Waals surface area (Å²) in [5.74, 6) is 0. The maximum Gasteiger partial charge on any atom is 0.0945 e. The normalized spacial score (nSPS) is 13.5. The Morgan fingerprint density at radius 1 is 1.29 bits per heavy atom. The monoisotopic (exact) mass is 349 g/mol. The van der Waals surface area contributed by atoms with E-state index in [4.69, 9.17) is 4.74 Å². The van der Waals surface area contributed by atoms with Crippen LogP contribution in [0.25, 0.3) is 0 Å². The van der Waals surface area contributed by atoms with E-state index in [-0.39, 0.29) is 5.60 Å². The van der Waals surface area contributed by atoms with Crippen molar-refractivity contribution in [3.05, 3.63) is 27.8 Å². The lowest BCUT2D eigenvalue weighted by Crippen LogP contribution is -2.30. The number of ether oxygens (including phenoxy) is 1. The molecule has 0 aliphatic carbocycles. The number of hydrogen-bond acceptors (Lipinski definition) is 3. The minimum Gasteiger partial charge on any atom is -0.389 e. The fourth-order valence-corrected chi connectivity index (χ4v) is 1.57. The molecule has 0 amide bonds. The van der Waals surface area contributed by atoms with Crippen molar-refractivity contribution in [3.63, 3.8) is 0 Å². The van der Waals surface area contributed by atoms with Crippen molar-refractivity contribution >= 4 is 28.3 Å². The van der Waals surface area contributed by atoms with Crippen molar-refractivity contribution in [1.29, 1.82) is 0 Å². The predicted molar refractivity (Wildman–Crippen MR) is 79.4 cm³/mol. The Hall–Kier alpha value is -0.330. The Balaban J connectivity index is 2.28. The Morgan fingerprint density at radius 2 is 1.88 bits per heavy atom. The molecule has 17 heavy (non-hydrogen) atoms. The lowest BCUT2D eigenvalue weighted by atomic mass is 10.2. The van der Waals surface area contributed by atoms with Crippen molar-refractivity contribution < 1.29 is 9.84 Å². The average Bonchev–Trinajstić information content (AvgIpc) is 2.25. The standard InChI is InChI=1S/C13H20INO2/c1-13(2,3)17-9-12(16)8-15-11-6-4-10(14)5-7-11/h4-7,12,15-16H,8-9H2,1-3H3. The number of benzene rings is 1. The molecular formula is C13H20INO2. The number of aliphatic hydroxyl groups is 1. The van der Waals surface area contributed by atoms with Gasteiger partial charge in [-0.15, -0.1) is 0 Å². The van der Waals surface area contributed by atoms with Crippen LogP contribution in [0.2, 0.25) is 0 Å². The number of nitrogens with one attached hydrogen (secondary N) is 1. The van der Waals surface area contributed by atoms with Gasteiger partial charge in [-0.1, -0.05) is 0 Å². The maximum atomic E-state index is 9.74. The summed E-state index contributed by atoms with van der Waals surface area (Å²) in [7, 11) is 0. The van der Waals surface area contributed by atoms with E-state index in [1.807, 2.05) is 45.0 Å². The first kappa shape index (κ1) is 14.7. The molecule has 3 nitrogen and oxygen atoms in total. The van der Waals surface area contributed by atoms with Gasteiger partial charge in [-0.25, -0.2) is 0 Å². The van der Waals surface area contributed by atoms with Crippen LogP contribution in [0.5, 0.6) is 0 Å². The third kappa shape index (κ3) is 6.85. The second-order valence-corrected chi connectivity index (χ2v) is 6.21. The molecule has 1 aromatic carbocycles. The topological polar surface area (TPSA) is 41.5 Å². The molecule has 0 aromatic heterocycles. The first-order valence-electron chi connectivity index (χ1n) is 5.68. The first-order chi connectivity index (χ1) is 7.87. The summed E-state index contributed by atoms with van der Waals surface area (Å²) in [6, 6.07) is 8.06. The number of hydrogen-bond donors (Lipinski definition) is 2. The summed E-state index contributed by atoms with van der Waals surface area (Å²) in [6.45, 7) is 6.78. The molecule has 1 rings (SSSR count). The van der Waals surface area contributed by atoms with E-state index in [1.54, 1.807) is 0 Å². The number of anilines is 1. The summed E-state index contributed by atoms with van der Waals surface area (Å²) < 4.78 is 6.71. The Morgan fingerprint density at radius 3 is 2.41 bits per heavy atom. The van der Waals surface area contributed by atoms with E-state index in [9.17, 15) is 5.11 Å². The van der Waals surface area contributed by atoms with Gasteiger partial charge in [-0.2, -0.15) is 0 Å². The predicted octanol–water partition coefficient (Wildman–Crippen LogP) is 2.88. The summed E-state index contributed by atoms with van der Waals surface area (Å²) in [6.07, 6.45) is -0.492. The fraction of sp³-hybridized carbons (Fsp3) is 0.538. The smallest absolute Gasteiger partial charge is 0.0945 e. The molecule has 0 saturated heterocycles. The molecule has 2 N–H and O–H groups in total. The highest BCUT2D eigenvalue weighted by Gasteiger charge is 2.13. The Bertz CT molecular complexity index is 332. The summed E-state index contributed by atoms with van der Waals surface area (Å²) in [5.41, 5.74) is 0.810.